The van der Waals surface area contributed by atoms with E-state index in [1.165, 1.54) is 55.4 Å². The fraction of sp³-hybridized carbons (Fsp3) is 0.224. The zero-order chi connectivity index (χ0) is 35.4. The van der Waals surface area contributed by atoms with Gasteiger partial charge in [-0.2, -0.15) is 0 Å². The fourth-order valence-corrected chi connectivity index (χ4v) is 8.13. The van der Waals surface area contributed by atoms with Gasteiger partial charge < -0.3 is 9.80 Å². The van der Waals surface area contributed by atoms with E-state index in [0.29, 0.717) is 0 Å². The summed E-state index contributed by atoms with van der Waals surface area (Å²) in [5, 5.41) is 4.91. The molecule has 0 aliphatic heterocycles. The highest BCUT2D eigenvalue weighted by Gasteiger charge is 2.37. The Morgan fingerprint density at radius 3 is 1.33 bits per heavy atom. The van der Waals surface area contributed by atoms with Crippen molar-refractivity contribution in [2.45, 2.75) is 71.3 Å². The molecular weight excluding hydrogens is 617 g/mol. The van der Waals surface area contributed by atoms with Gasteiger partial charge in [-0.3, -0.25) is 0 Å². The molecule has 0 spiro atoms. The van der Waals surface area contributed by atoms with Gasteiger partial charge >= 0.3 is 0 Å². The van der Waals surface area contributed by atoms with E-state index in [1.807, 2.05) is 0 Å². The van der Waals surface area contributed by atoms with E-state index in [1.54, 1.807) is 0 Å². The Labute approximate surface area is 305 Å². The third-order valence-corrected chi connectivity index (χ3v) is 11.7. The first-order valence-electron chi connectivity index (χ1n) is 18.8. The molecule has 0 atom stereocenters. The first-order valence-corrected chi connectivity index (χ1v) is 18.8. The first kappa shape index (κ1) is 34.1. The van der Waals surface area contributed by atoms with Gasteiger partial charge in [-0.25, -0.2) is 0 Å². The number of rotatable bonds is 12. The minimum atomic E-state index is -0.235. The van der Waals surface area contributed by atoms with E-state index in [2.05, 4.69) is 208 Å². The van der Waals surface area contributed by atoms with E-state index < -0.39 is 0 Å². The van der Waals surface area contributed by atoms with Crippen LogP contribution in [-0.4, -0.2) is 0 Å². The summed E-state index contributed by atoms with van der Waals surface area (Å²) in [5.74, 6) is 0. The maximum absolute atomic E-state index is 2.59. The Bertz CT molecular complexity index is 2120. The highest BCUT2D eigenvalue weighted by atomic mass is 15.2. The topological polar surface area (TPSA) is 6.48 Å². The predicted molar refractivity (Wildman–Crippen MR) is 221 cm³/mol. The maximum atomic E-state index is 2.59. The molecule has 256 valence electrons. The second-order valence-electron chi connectivity index (χ2n) is 14.1. The van der Waals surface area contributed by atoms with Gasteiger partial charge in [0.2, 0.25) is 0 Å². The molecule has 51 heavy (non-hydrogen) atoms. The number of benzene rings is 7. The Balaban J connectivity index is 1.39. The molecular formula is C49H50N2. The summed E-state index contributed by atoms with van der Waals surface area (Å²) in [6, 6.07) is 60.4. The molecule has 0 unspecified atom stereocenters. The lowest BCUT2D eigenvalue weighted by Crippen LogP contribution is -2.42. The lowest BCUT2D eigenvalue weighted by molar-refractivity contribution is 0.402. The SMILES string of the molecule is CCC(C)(CC)c1ccc(C(CC)(CC)N(c2ccccc2)c2ccc(N(c3cccc4ccccc34)c3cccc4ccccc34)cc2)cc1. The van der Waals surface area contributed by atoms with E-state index in [4.69, 9.17) is 0 Å². The summed E-state index contributed by atoms with van der Waals surface area (Å²) in [4.78, 5) is 5.02. The molecule has 0 fully saturated rings. The highest BCUT2D eigenvalue weighted by molar-refractivity contribution is 6.04. The van der Waals surface area contributed by atoms with Gasteiger partial charge in [-0.15, -0.1) is 0 Å². The van der Waals surface area contributed by atoms with Crippen LogP contribution in [0.25, 0.3) is 21.5 Å². The molecule has 2 heteroatoms. The van der Waals surface area contributed by atoms with Crippen molar-refractivity contribution in [1.82, 2.24) is 0 Å². The van der Waals surface area contributed by atoms with Crippen molar-refractivity contribution >= 4 is 50.0 Å². The largest absolute Gasteiger partial charge is 0.331 e. The van der Waals surface area contributed by atoms with Crippen molar-refractivity contribution < 1.29 is 0 Å². The minimum absolute atomic E-state index is 0.189. The molecule has 0 bridgehead atoms. The molecule has 0 amide bonds. The molecule has 0 aromatic heterocycles. The lowest BCUT2D eigenvalue weighted by Gasteiger charge is -2.46. The van der Waals surface area contributed by atoms with Crippen LogP contribution in [0, 0.1) is 0 Å². The number of para-hydroxylation sites is 1. The molecule has 0 saturated carbocycles. The molecule has 7 aromatic rings. The van der Waals surface area contributed by atoms with Gasteiger partial charge in [-0.05, 0) is 102 Å². The zero-order valence-electron chi connectivity index (χ0n) is 30.8. The molecule has 0 radical (unpaired) electrons. The van der Waals surface area contributed by atoms with Crippen LogP contribution < -0.4 is 9.80 Å². The number of anilines is 5. The summed E-state index contributed by atoms with van der Waals surface area (Å²) in [7, 11) is 0. The quantitative estimate of drug-likeness (QED) is 0.128. The summed E-state index contributed by atoms with van der Waals surface area (Å²) in [6.07, 6.45) is 4.20. The van der Waals surface area contributed by atoms with Gasteiger partial charge in [0.1, 0.15) is 0 Å². The standard InChI is InChI=1S/C49H50N2/c1-6-48(5,7-2)39-29-31-40(32-30-39)49(8-3,9-4)51(42-23-11-10-12-24-42)43-35-33-41(34-36-43)50(46-27-17-21-37-19-13-15-25-44(37)46)47-28-18-22-38-20-14-16-26-45(38)47/h10-36H,6-9H2,1-5H3. The monoisotopic (exact) mass is 666 g/mol. The van der Waals surface area contributed by atoms with Gasteiger partial charge in [-0.1, -0.05) is 150 Å². The third-order valence-electron chi connectivity index (χ3n) is 11.7. The van der Waals surface area contributed by atoms with Crippen molar-refractivity contribution in [1.29, 1.82) is 0 Å². The average molecular weight is 667 g/mol. The molecule has 0 heterocycles. The number of fused-ring (bicyclic) bond motifs is 2. The smallest absolute Gasteiger partial charge is 0.0697 e. The Kier molecular flexibility index (Phi) is 9.69. The Hall–Kier alpha value is -5.34. The second kappa shape index (κ2) is 14.5. The van der Waals surface area contributed by atoms with Crippen molar-refractivity contribution in [3.05, 3.63) is 175 Å². The van der Waals surface area contributed by atoms with Gasteiger partial charge in [0.15, 0.2) is 0 Å². The van der Waals surface area contributed by atoms with Crippen LogP contribution >= 0.6 is 0 Å². The van der Waals surface area contributed by atoms with Gasteiger partial charge in [0.05, 0.1) is 16.9 Å². The lowest BCUT2D eigenvalue weighted by atomic mass is 9.76. The molecule has 0 saturated heterocycles. The zero-order valence-corrected chi connectivity index (χ0v) is 30.8. The molecule has 0 aliphatic rings. The van der Waals surface area contributed by atoms with E-state index in [-0.39, 0.29) is 11.0 Å². The summed E-state index contributed by atoms with van der Waals surface area (Å²) >= 11 is 0. The van der Waals surface area contributed by atoms with Crippen molar-refractivity contribution in [2.24, 2.45) is 0 Å². The van der Waals surface area contributed by atoms with E-state index in [0.717, 1.165) is 31.4 Å². The van der Waals surface area contributed by atoms with Crippen LogP contribution in [0.2, 0.25) is 0 Å². The van der Waals surface area contributed by atoms with Crippen LogP contribution in [0.4, 0.5) is 28.4 Å². The molecule has 7 rings (SSSR count). The normalized spacial score (nSPS) is 11.9. The van der Waals surface area contributed by atoms with Crippen LogP contribution in [0.3, 0.4) is 0 Å². The van der Waals surface area contributed by atoms with Gasteiger partial charge in [0.25, 0.3) is 0 Å². The van der Waals surface area contributed by atoms with Crippen LogP contribution in [0.1, 0.15) is 71.4 Å². The molecule has 0 N–H and O–H groups in total. The first-order chi connectivity index (χ1) is 25.0. The van der Waals surface area contributed by atoms with Crippen molar-refractivity contribution in [3.8, 4) is 0 Å². The maximum Gasteiger partial charge on any atom is 0.0697 e. The molecule has 0 aliphatic carbocycles. The predicted octanol–water partition coefficient (Wildman–Crippen LogP) is 14.4. The second-order valence-corrected chi connectivity index (χ2v) is 14.1. The molecule has 2 nitrogen and oxygen atoms in total. The minimum Gasteiger partial charge on any atom is -0.331 e. The van der Waals surface area contributed by atoms with E-state index in [9.17, 15) is 0 Å². The van der Waals surface area contributed by atoms with Crippen molar-refractivity contribution in [2.75, 3.05) is 9.80 Å². The number of hydrogen-bond acceptors (Lipinski definition) is 2. The van der Waals surface area contributed by atoms with Crippen LogP contribution in [0.5, 0.6) is 0 Å². The Morgan fingerprint density at radius 1 is 0.392 bits per heavy atom. The average Bonchev–Trinajstić information content (AvgIpc) is 3.21. The Morgan fingerprint density at radius 2 is 0.824 bits per heavy atom. The third kappa shape index (κ3) is 6.18. The van der Waals surface area contributed by atoms with Crippen molar-refractivity contribution in [3.63, 3.8) is 0 Å². The summed E-state index contributed by atoms with van der Waals surface area (Å²) < 4.78 is 0. The fourth-order valence-electron chi connectivity index (χ4n) is 8.13. The number of hydrogen-bond donors (Lipinski definition) is 0. The van der Waals surface area contributed by atoms with Crippen LogP contribution in [0.15, 0.2) is 164 Å². The number of nitrogens with zero attached hydrogens (tertiary/aromatic N) is 2. The summed E-state index contributed by atoms with van der Waals surface area (Å²) in [5.41, 5.74) is 8.57. The molecule has 7 aromatic carbocycles. The van der Waals surface area contributed by atoms with Crippen LogP contribution in [-0.2, 0) is 11.0 Å². The summed E-state index contributed by atoms with van der Waals surface area (Å²) in [6.45, 7) is 11.7. The van der Waals surface area contributed by atoms with E-state index >= 15 is 0 Å². The highest BCUT2D eigenvalue weighted by Crippen LogP contribution is 2.47. The van der Waals surface area contributed by atoms with Gasteiger partial charge in [0, 0.05) is 27.8 Å².